The topological polar surface area (TPSA) is 47.3 Å². The highest BCUT2D eigenvalue weighted by Crippen LogP contribution is 2.13. The Bertz CT molecular complexity index is 429. The van der Waals surface area contributed by atoms with Crippen molar-refractivity contribution in [3.63, 3.8) is 0 Å². The van der Waals surface area contributed by atoms with Crippen molar-refractivity contribution in [2.45, 2.75) is 6.92 Å². The lowest BCUT2D eigenvalue weighted by molar-refractivity contribution is 0.333. The number of nitrogens with one attached hydrogen (secondary N) is 1. The molecular weight excluding hydrogens is 224 g/mol. The van der Waals surface area contributed by atoms with Crippen LogP contribution in [0.1, 0.15) is 5.56 Å². The molecule has 0 bridgehead atoms. The molecule has 0 aliphatic heterocycles. The van der Waals surface area contributed by atoms with E-state index in [1.165, 1.54) is 5.56 Å². The van der Waals surface area contributed by atoms with Gasteiger partial charge in [0.1, 0.15) is 12.4 Å². The third kappa shape index (κ3) is 3.70. The van der Waals surface area contributed by atoms with E-state index in [9.17, 15) is 0 Å². The quantitative estimate of drug-likeness (QED) is 0.625. The van der Waals surface area contributed by atoms with E-state index in [2.05, 4.69) is 36.5 Å². The summed E-state index contributed by atoms with van der Waals surface area (Å²) in [5.74, 6) is 0.843. The Morgan fingerprint density at radius 3 is 2.33 bits per heavy atom. The van der Waals surface area contributed by atoms with E-state index in [-0.39, 0.29) is 0 Å². The van der Waals surface area contributed by atoms with E-state index < -0.39 is 0 Å². The van der Waals surface area contributed by atoms with Crippen molar-refractivity contribution < 1.29 is 4.74 Å². The summed E-state index contributed by atoms with van der Waals surface area (Å²) in [6.45, 7) is 3.47. The molecule has 0 heterocycles. The van der Waals surface area contributed by atoms with Crippen molar-refractivity contribution in [1.29, 1.82) is 0 Å². The van der Waals surface area contributed by atoms with Gasteiger partial charge in [-0.25, -0.2) is 0 Å². The maximum atomic E-state index is 5.60. The van der Waals surface area contributed by atoms with E-state index >= 15 is 0 Å². The van der Waals surface area contributed by atoms with Crippen LogP contribution in [0.15, 0.2) is 48.5 Å². The maximum absolute atomic E-state index is 5.60. The first-order valence-electron chi connectivity index (χ1n) is 6.03. The number of nitrogen functional groups attached to an aromatic ring is 1. The molecule has 0 atom stereocenters. The van der Waals surface area contributed by atoms with E-state index in [1.807, 2.05) is 24.3 Å². The van der Waals surface area contributed by atoms with E-state index in [0.717, 1.165) is 23.7 Å². The summed E-state index contributed by atoms with van der Waals surface area (Å²) in [5.41, 5.74) is 8.73. The SMILES string of the molecule is Cc1ccc(NCCOc2ccc(N)cc2)cc1. The monoisotopic (exact) mass is 242 g/mol. The first-order chi connectivity index (χ1) is 8.74. The van der Waals surface area contributed by atoms with Gasteiger partial charge in [-0.05, 0) is 43.3 Å². The van der Waals surface area contributed by atoms with E-state index in [4.69, 9.17) is 10.5 Å². The molecule has 0 unspecified atom stereocenters. The van der Waals surface area contributed by atoms with Crippen LogP contribution in [0, 0.1) is 6.92 Å². The van der Waals surface area contributed by atoms with Crippen molar-refractivity contribution in [3.8, 4) is 5.75 Å². The molecule has 3 N–H and O–H groups in total. The van der Waals surface area contributed by atoms with Gasteiger partial charge >= 0.3 is 0 Å². The molecule has 0 aliphatic carbocycles. The lowest BCUT2D eigenvalue weighted by Gasteiger charge is -2.09. The zero-order valence-electron chi connectivity index (χ0n) is 10.5. The summed E-state index contributed by atoms with van der Waals surface area (Å²) in [5, 5.41) is 3.30. The molecule has 0 aromatic heterocycles. The first kappa shape index (κ1) is 12.3. The number of rotatable bonds is 5. The second kappa shape index (κ2) is 5.96. The molecule has 0 fully saturated rings. The molecule has 18 heavy (non-hydrogen) atoms. The summed E-state index contributed by atoms with van der Waals surface area (Å²) in [4.78, 5) is 0. The summed E-state index contributed by atoms with van der Waals surface area (Å²) in [6, 6.07) is 15.7. The third-order valence-corrected chi connectivity index (χ3v) is 2.63. The number of hydrogen-bond donors (Lipinski definition) is 2. The number of anilines is 2. The molecule has 2 aromatic carbocycles. The fourth-order valence-electron chi connectivity index (χ4n) is 1.60. The summed E-state index contributed by atoms with van der Waals surface area (Å²) >= 11 is 0. The molecule has 2 rings (SSSR count). The van der Waals surface area contributed by atoms with Gasteiger partial charge < -0.3 is 15.8 Å². The molecule has 0 saturated heterocycles. The fourth-order valence-corrected chi connectivity index (χ4v) is 1.60. The lowest BCUT2D eigenvalue weighted by atomic mass is 10.2. The van der Waals surface area contributed by atoms with Crippen LogP contribution in [0.2, 0.25) is 0 Å². The van der Waals surface area contributed by atoms with Crippen molar-refractivity contribution in [2.24, 2.45) is 0 Å². The van der Waals surface area contributed by atoms with Crippen LogP contribution in [0.4, 0.5) is 11.4 Å². The van der Waals surface area contributed by atoms with Crippen LogP contribution in [0.25, 0.3) is 0 Å². The first-order valence-corrected chi connectivity index (χ1v) is 6.03. The van der Waals surface area contributed by atoms with Crippen molar-refractivity contribution in [1.82, 2.24) is 0 Å². The second-order valence-corrected chi connectivity index (χ2v) is 4.21. The predicted octanol–water partition coefficient (Wildman–Crippen LogP) is 3.07. The largest absolute Gasteiger partial charge is 0.492 e. The second-order valence-electron chi connectivity index (χ2n) is 4.21. The summed E-state index contributed by atoms with van der Waals surface area (Å²) < 4.78 is 5.59. The molecule has 0 saturated carbocycles. The van der Waals surface area contributed by atoms with Gasteiger partial charge in [0.2, 0.25) is 0 Å². The Morgan fingerprint density at radius 2 is 1.67 bits per heavy atom. The molecule has 3 heteroatoms. The zero-order chi connectivity index (χ0) is 12.8. The molecule has 0 spiro atoms. The van der Waals surface area contributed by atoms with Gasteiger partial charge in [0.15, 0.2) is 0 Å². The minimum atomic E-state index is 0.623. The fraction of sp³-hybridized carbons (Fsp3) is 0.200. The molecule has 2 aromatic rings. The number of aryl methyl sites for hydroxylation is 1. The minimum absolute atomic E-state index is 0.623. The highest BCUT2D eigenvalue weighted by molar-refractivity contribution is 5.44. The maximum Gasteiger partial charge on any atom is 0.119 e. The van der Waals surface area contributed by atoms with E-state index in [1.54, 1.807) is 0 Å². The molecule has 0 amide bonds. The van der Waals surface area contributed by atoms with Crippen LogP contribution < -0.4 is 15.8 Å². The van der Waals surface area contributed by atoms with Crippen molar-refractivity contribution >= 4 is 11.4 Å². The summed E-state index contributed by atoms with van der Waals surface area (Å²) in [7, 11) is 0. The van der Waals surface area contributed by atoms with Gasteiger partial charge in [-0.15, -0.1) is 0 Å². The standard InChI is InChI=1S/C15H18N2O/c1-12-2-6-14(7-3-12)17-10-11-18-15-8-4-13(16)5-9-15/h2-9,17H,10-11,16H2,1H3. The van der Waals surface area contributed by atoms with E-state index in [0.29, 0.717) is 6.61 Å². The van der Waals surface area contributed by atoms with Gasteiger partial charge in [-0.1, -0.05) is 17.7 Å². The highest BCUT2D eigenvalue weighted by Gasteiger charge is 1.94. The Labute approximate surface area is 108 Å². The average molecular weight is 242 g/mol. The van der Waals surface area contributed by atoms with Crippen LogP contribution in [0.3, 0.4) is 0 Å². The Balaban J connectivity index is 1.73. The average Bonchev–Trinajstić information content (AvgIpc) is 2.39. The van der Waals surface area contributed by atoms with Gasteiger partial charge in [0.25, 0.3) is 0 Å². The number of nitrogens with two attached hydrogens (primary N) is 1. The van der Waals surface area contributed by atoms with Crippen LogP contribution >= 0.6 is 0 Å². The van der Waals surface area contributed by atoms with Gasteiger partial charge in [-0.3, -0.25) is 0 Å². The minimum Gasteiger partial charge on any atom is -0.492 e. The smallest absolute Gasteiger partial charge is 0.119 e. The summed E-state index contributed by atoms with van der Waals surface area (Å²) in [6.07, 6.45) is 0. The Morgan fingerprint density at radius 1 is 1.00 bits per heavy atom. The number of benzene rings is 2. The van der Waals surface area contributed by atoms with Crippen molar-refractivity contribution in [2.75, 3.05) is 24.2 Å². The molecule has 0 aliphatic rings. The molecule has 3 nitrogen and oxygen atoms in total. The highest BCUT2D eigenvalue weighted by atomic mass is 16.5. The molecule has 0 radical (unpaired) electrons. The van der Waals surface area contributed by atoms with Crippen LogP contribution in [-0.4, -0.2) is 13.2 Å². The van der Waals surface area contributed by atoms with Crippen molar-refractivity contribution in [3.05, 3.63) is 54.1 Å². The lowest BCUT2D eigenvalue weighted by Crippen LogP contribution is -2.11. The van der Waals surface area contributed by atoms with Gasteiger partial charge in [0, 0.05) is 17.9 Å². The van der Waals surface area contributed by atoms with Crippen LogP contribution in [-0.2, 0) is 0 Å². The normalized spacial score (nSPS) is 10.1. The predicted molar refractivity (Wildman–Crippen MR) is 76.0 cm³/mol. The Kier molecular flexibility index (Phi) is 4.07. The zero-order valence-corrected chi connectivity index (χ0v) is 10.5. The van der Waals surface area contributed by atoms with Gasteiger partial charge in [-0.2, -0.15) is 0 Å². The Hall–Kier alpha value is -2.16. The number of hydrogen-bond acceptors (Lipinski definition) is 3. The third-order valence-electron chi connectivity index (χ3n) is 2.63. The molecular formula is C15H18N2O. The number of ether oxygens (including phenoxy) is 1. The van der Waals surface area contributed by atoms with Crippen LogP contribution in [0.5, 0.6) is 5.75 Å². The molecule has 94 valence electrons. The van der Waals surface area contributed by atoms with Gasteiger partial charge in [0.05, 0.1) is 0 Å².